The maximum atomic E-state index is 11.8. The molecule has 2 amide bonds. The van der Waals surface area contributed by atoms with Crippen LogP contribution >= 0.6 is 0 Å². The van der Waals surface area contributed by atoms with Gasteiger partial charge in [-0.3, -0.25) is 9.59 Å². The molecule has 0 bridgehead atoms. The Hall–Kier alpha value is -1.14. The monoisotopic (exact) mass is 240 g/mol. The predicted octanol–water partition coefficient (Wildman–Crippen LogP) is -1.70. The topological polar surface area (TPSA) is 110 Å². The number of carbonyl (C=O) groups excluding carboxylic acids is 2. The number of primary amides is 2. The SMILES string of the molecule is NC(=O)C1CNC(C(N)=O)(C2CCNCC2)C1. The van der Waals surface area contributed by atoms with Crippen LogP contribution in [0.4, 0.5) is 0 Å². The summed E-state index contributed by atoms with van der Waals surface area (Å²) < 4.78 is 0. The van der Waals surface area contributed by atoms with Crippen LogP contribution in [0.3, 0.4) is 0 Å². The Balaban J connectivity index is 2.16. The average molecular weight is 240 g/mol. The highest BCUT2D eigenvalue weighted by Gasteiger charge is 2.50. The highest BCUT2D eigenvalue weighted by Crippen LogP contribution is 2.35. The third-order valence-electron chi connectivity index (χ3n) is 4.11. The quantitative estimate of drug-likeness (QED) is 0.471. The van der Waals surface area contributed by atoms with E-state index in [-0.39, 0.29) is 23.7 Å². The first-order valence-corrected chi connectivity index (χ1v) is 6.11. The number of amides is 2. The molecular weight excluding hydrogens is 220 g/mol. The van der Waals surface area contributed by atoms with E-state index >= 15 is 0 Å². The van der Waals surface area contributed by atoms with E-state index < -0.39 is 5.54 Å². The van der Waals surface area contributed by atoms with Gasteiger partial charge in [-0.2, -0.15) is 0 Å². The molecule has 6 nitrogen and oxygen atoms in total. The molecule has 2 unspecified atom stereocenters. The molecule has 2 aliphatic heterocycles. The second kappa shape index (κ2) is 4.62. The summed E-state index contributed by atoms with van der Waals surface area (Å²) in [6.07, 6.45) is 2.26. The molecule has 0 aromatic heterocycles. The first-order valence-electron chi connectivity index (χ1n) is 6.11. The van der Waals surface area contributed by atoms with Crippen LogP contribution in [0, 0.1) is 11.8 Å². The predicted molar refractivity (Wildman–Crippen MR) is 62.8 cm³/mol. The lowest BCUT2D eigenvalue weighted by Crippen LogP contribution is -2.58. The molecule has 0 saturated carbocycles. The Morgan fingerprint density at radius 1 is 1.18 bits per heavy atom. The summed E-state index contributed by atoms with van der Waals surface area (Å²) in [5, 5.41) is 6.42. The molecule has 2 atom stereocenters. The third kappa shape index (κ3) is 2.14. The van der Waals surface area contributed by atoms with Crippen molar-refractivity contribution in [3.63, 3.8) is 0 Å². The van der Waals surface area contributed by atoms with E-state index in [1.165, 1.54) is 0 Å². The van der Waals surface area contributed by atoms with Crippen LogP contribution in [0.2, 0.25) is 0 Å². The van der Waals surface area contributed by atoms with Gasteiger partial charge in [0.15, 0.2) is 0 Å². The Labute approximate surface area is 100 Å². The molecule has 96 valence electrons. The van der Waals surface area contributed by atoms with Gasteiger partial charge in [0.2, 0.25) is 11.8 Å². The summed E-state index contributed by atoms with van der Waals surface area (Å²) in [6.45, 7) is 2.24. The number of nitrogens with two attached hydrogens (primary N) is 2. The van der Waals surface area contributed by atoms with Crippen molar-refractivity contribution in [1.29, 1.82) is 0 Å². The fraction of sp³-hybridized carbons (Fsp3) is 0.818. The molecule has 17 heavy (non-hydrogen) atoms. The van der Waals surface area contributed by atoms with E-state index in [9.17, 15) is 9.59 Å². The Morgan fingerprint density at radius 3 is 2.29 bits per heavy atom. The lowest BCUT2D eigenvalue weighted by molar-refractivity contribution is -0.127. The van der Waals surface area contributed by atoms with Crippen molar-refractivity contribution in [3.8, 4) is 0 Å². The fourth-order valence-electron chi connectivity index (χ4n) is 3.05. The lowest BCUT2D eigenvalue weighted by Gasteiger charge is -2.37. The molecule has 0 aliphatic carbocycles. The number of carbonyl (C=O) groups is 2. The van der Waals surface area contributed by atoms with Gasteiger partial charge in [0, 0.05) is 6.54 Å². The van der Waals surface area contributed by atoms with Crippen molar-refractivity contribution in [2.45, 2.75) is 24.8 Å². The van der Waals surface area contributed by atoms with Gasteiger partial charge in [-0.05, 0) is 38.3 Å². The van der Waals surface area contributed by atoms with E-state index in [4.69, 9.17) is 11.5 Å². The third-order valence-corrected chi connectivity index (χ3v) is 4.11. The summed E-state index contributed by atoms with van der Waals surface area (Å²) >= 11 is 0. The van der Waals surface area contributed by atoms with Crippen molar-refractivity contribution in [2.75, 3.05) is 19.6 Å². The number of nitrogens with one attached hydrogen (secondary N) is 2. The van der Waals surface area contributed by atoms with Gasteiger partial charge in [-0.1, -0.05) is 0 Å². The molecule has 6 N–H and O–H groups in total. The molecule has 2 heterocycles. The van der Waals surface area contributed by atoms with Crippen molar-refractivity contribution < 1.29 is 9.59 Å². The highest BCUT2D eigenvalue weighted by atomic mass is 16.2. The number of rotatable bonds is 3. The molecule has 2 fully saturated rings. The summed E-state index contributed by atoms with van der Waals surface area (Å²) in [4.78, 5) is 23.0. The lowest BCUT2D eigenvalue weighted by atomic mass is 9.75. The largest absolute Gasteiger partial charge is 0.369 e. The molecule has 2 rings (SSSR count). The first kappa shape index (κ1) is 12.3. The van der Waals surface area contributed by atoms with E-state index in [1.807, 2.05) is 0 Å². The van der Waals surface area contributed by atoms with E-state index in [1.54, 1.807) is 0 Å². The van der Waals surface area contributed by atoms with Gasteiger partial charge in [0.25, 0.3) is 0 Å². The molecule has 6 heteroatoms. The molecule has 0 aromatic carbocycles. The molecule has 0 radical (unpaired) electrons. The number of hydrogen-bond acceptors (Lipinski definition) is 4. The van der Waals surface area contributed by atoms with E-state index in [0.717, 1.165) is 25.9 Å². The van der Waals surface area contributed by atoms with Crippen molar-refractivity contribution in [3.05, 3.63) is 0 Å². The minimum Gasteiger partial charge on any atom is -0.369 e. The van der Waals surface area contributed by atoms with E-state index in [0.29, 0.717) is 13.0 Å². The van der Waals surface area contributed by atoms with Crippen LogP contribution in [0.1, 0.15) is 19.3 Å². The highest BCUT2D eigenvalue weighted by molar-refractivity contribution is 5.88. The molecule has 2 saturated heterocycles. The molecular formula is C11H20N4O2. The molecule has 2 aliphatic rings. The summed E-state index contributed by atoms with van der Waals surface area (Å²) in [5.41, 5.74) is 10.1. The van der Waals surface area contributed by atoms with Crippen LogP contribution in [0.15, 0.2) is 0 Å². The van der Waals surface area contributed by atoms with Gasteiger partial charge in [-0.15, -0.1) is 0 Å². The maximum Gasteiger partial charge on any atom is 0.238 e. The first-order chi connectivity index (χ1) is 8.06. The van der Waals surface area contributed by atoms with Gasteiger partial charge in [0.1, 0.15) is 5.54 Å². The standard InChI is InChI=1S/C11H20N4O2/c12-9(16)7-5-11(10(13)17,15-6-7)8-1-3-14-4-2-8/h7-8,14-15H,1-6H2,(H2,12,16)(H2,13,17). The van der Waals surface area contributed by atoms with Crippen LogP contribution in [0.5, 0.6) is 0 Å². The number of hydrogen-bond donors (Lipinski definition) is 4. The van der Waals surface area contributed by atoms with E-state index in [2.05, 4.69) is 10.6 Å². The van der Waals surface area contributed by atoms with Crippen molar-refractivity contribution in [1.82, 2.24) is 10.6 Å². The number of piperidine rings is 1. The van der Waals surface area contributed by atoms with Gasteiger partial charge < -0.3 is 22.1 Å². The Kier molecular flexibility index (Phi) is 3.35. The summed E-state index contributed by atoms with van der Waals surface area (Å²) in [6, 6.07) is 0. The second-order valence-electron chi connectivity index (χ2n) is 5.04. The molecule has 0 spiro atoms. The minimum absolute atomic E-state index is 0.200. The van der Waals surface area contributed by atoms with Gasteiger partial charge in [0.05, 0.1) is 5.92 Å². The average Bonchev–Trinajstić information content (AvgIpc) is 2.76. The Bertz CT molecular complexity index is 327. The summed E-state index contributed by atoms with van der Waals surface area (Å²) in [7, 11) is 0. The zero-order valence-electron chi connectivity index (χ0n) is 9.87. The smallest absolute Gasteiger partial charge is 0.238 e. The summed E-state index contributed by atoms with van der Waals surface area (Å²) in [5.74, 6) is -0.786. The second-order valence-corrected chi connectivity index (χ2v) is 5.04. The van der Waals surface area contributed by atoms with Crippen LogP contribution < -0.4 is 22.1 Å². The van der Waals surface area contributed by atoms with Crippen LogP contribution in [-0.2, 0) is 9.59 Å². The zero-order valence-corrected chi connectivity index (χ0v) is 9.87. The Morgan fingerprint density at radius 2 is 1.82 bits per heavy atom. The van der Waals surface area contributed by atoms with Crippen LogP contribution in [0.25, 0.3) is 0 Å². The van der Waals surface area contributed by atoms with Crippen molar-refractivity contribution >= 4 is 11.8 Å². The van der Waals surface area contributed by atoms with Crippen molar-refractivity contribution in [2.24, 2.45) is 23.3 Å². The van der Waals surface area contributed by atoms with Crippen LogP contribution in [-0.4, -0.2) is 37.0 Å². The van der Waals surface area contributed by atoms with Gasteiger partial charge >= 0.3 is 0 Å². The maximum absolute atomic E-state index is 11.8. The molecule has 0 aromatic rings. The normalized spacial score (nSPS) is 34.7. The zero-order chi connectivity index (χ0) is 12.5. The minimum atomic E-state index is -0.734. The van der Waals surface area contributed by atoms with Gasteiger partial charge in [-0.25, -0.2) is 0 Å². The fourth-order valence-corrected chi connectivity index (χ4v) is 3.05.